The summed E-state index contributed by atoms with van der Waals surface area (Å²) in [5.41, 5.74) is -1.16. The fraction of sp³-hybridized carbons (Fsp3) is 0.333. The molecule has 0 saturated carbocycles. The second-order valence-corrected chi connectivity index (χ2v) is 4.98. The molecule has 1 rings (SSSR count). The molecule has 0 radical (unpaired) electrons. The molecule has 1 aromatic carbocycles. The average Bonchev–Trinajstić information content (AvgIpc) is 2.29. The van der Waals surface area contributed by atoms with Crippen LogP contribution in [-0.4, -0.2) is 34.2 Å². The van der Waals surface area contributed by atoms with Crippen LogP contribution < -0.4 is 5.32 Å². The first-order valence-electron chi connectivity index (χ1n) is 5.29. The molecule has 0 heterocycles. The van der Waals surface area contributed by atoms with Crippen LogP contribution in [0.3, 0.4) is 0 Å². The molecule has 5 nitrogen and oxygen atoms in total. The zero-order chi connectivity index (χ0) is 13.8. The van der Waals surface area contributed by atoms with Gasteiger partial charge in [0.1, 0.15) is 0 Å². The van der Waals surface area contributed by atoms with Crippen molar-refractivity contribution in [3.8, 4) is 0 Å². The first kappa shape index (κ1) is 14.7. The molecular formula is C12H14BrNO4. The monoisotopic (exact) mass is 315 g/mol. The van der Waals surface area contributed by atoms with Crippen molar-refractivity contribution >= 4 is 27.8 Å². The maximum absolute atomic E-state index is 11.6. The van der Waals surface area contributed by atoms with Crippen LogP contribution in [0, 0.1) is 0 Å². The van der Waals surface area contributed by atoms with Gasteiger partial charge in [-0.3, -0.25) is 4.79 Å². The molecule has 1 unspecified atom stereocenters. The minimum absolute atomic E-state index is 0.122. The Morgan fingerprint density at radius 3 is 2.56 bits per heavy atom. The molecule has 3 N–H and O–H groups in total. The summed E-state index contributed by atoms with van der Waals surface area (Å²) in [7, 11) is 0. The number of hydrogen-bond donors (Lipinski definition) is 3. The number of carboxylic acid groups (broad SMARTS) is 1. The van der Waals surface area contributed by atoms with Gasteiger partial charge in [0, 0.05) is 4.47 Å². The van der Waals surface area contributed by atoms with Crippen LogP contribution in [0.5, 0.6) is 0 Å². The highest BCUT2D eigenvalue weighted by atomic mass is 79.9. The Labute approximate surface area is 113 Å². The van der Waals surface area contributed by atoms with Gasteiger partial charge in [0.2, 0.25) is 5.91 Å². The van der Waals surface area contributed by atoms with Crippen molar-refractivity contribution in [3.05, 3.63) is 34.3 Å². The summed E-state index contributed by atoms with van der Waals surface area (Å²) in [5, 5.41) is 20.5. The van der Waals surface area contributed by atoms with Gasteiger partial charge in [0.05, 0.1) is 13.0 Å². The van der Waals surface area contributed by atoms with E-state index in [2.05, 4.69) is 21.2 Å². The van der Waals surface area contributed by atoms with Crippen molar-refractivity contribution in [1.82, 2.24) is 5.32 Å². The minimum atomic E-state index is -1.95. The van der Waals surface area contributed by atoms with Gasteiger partial charge in [0.25, 0.3) is 0 Å². The van der Waals surface area contributed by atoms with E-state index < -0.39 is 11.6 Å². The molecule has 0 aliphatic rings. The molecule has 0 aliphatic carbocycles. The van der Waals surface area contributed by atoms with Crippen molar-refractivity contribution < 1.29 is 19.8 Å². The lowest BCUT2D eigenvalue weighted by Crippen LogP contribution is -2.46. The van der Waals surface area contributed by atoms with Gasteiger partial charge in [-0.15, -0.1) is 0 Å². The van der Waals surface area contributed by atoms with Crippen molar-refractivity contribution in [1.29, 1.82) is 0 Å². The highest BCUT2D eigenvalue weighted by Crippen LogP contribution is 2.16. The van der Waals surface area contributed by atoms with Gasteiger partial charge in [-0.1, -0.05) is 34.1 Å². The van der Waals surface area contributed by atoms with Gasteiger partial charge in [-0.25, -0.2) is 4.79 Å². The molecule has 0 bridgehead atoms. The third kappa shape index (κ3) is 4.12. The number of benzene rings is 1. The minimum Gasteiger partial charge on any atom is -0.479 e. The molecule has 1 aromatic rings. The summed E-state index contributed by atoms with van der Waals surface area (Å²) in [4.78, 5) is 22.2. The second-order valence-electron chi connectivity index (χ2n) is 4.12. The van der Waals surface area contributed by atoms with Crippen molar-refractivity contribution in [2.45, 2.75) is 18.9 Å². The maximum Gasteiger partial charge on any atom is 0.337 e. The molecule has 18 heavy (non-hydrogen) atoms. The van der Waals surface area contributed by atoms with Gasteiger partial charge < -0.3 is 15.5 Å². The molecule has 98 valence electrons. The van der Waals surface area contributed by atoms with Crippen LogP contribution in [0.4, 0.5) is 0 Å². The van der Waals surface area contributed by atoms with Crippen molar-refractivity contribution in [2.24, 2.45) is 0 Å². The standard InChI is InChI=1S/C12H14BrNO4/c1-12(18,11(16)17)7-14-10(15)6-8-4-2-3-5-9(8)13/h2-5,18H,6-7H2,1H3,(H,14,15)(H,16,17). The van der Waals surface area contributed by atoms with Crippen LogP contribution >= 0.6 is 15.9 Å². The molecule has 0 aliphatic heterocycles. The molecular weight excluding hydrogens is 302 g/mol. The lowest BCUT2D eigenvalue weighted by atomic mass is 10.1. The van der Waals surface area contributed by atoms with Crippen LogP contribution in [-0.2, 0) is 16.0 Å². The summed E-state index contributed by atoms with van der Waals surface area (Å²) in [6, 6.07) is 7.25. The van der Waals surface area contributed by atoms with E-state index in [0.717, 1.165) is 17.0 Å². The van der Waals surface area contributed by atoms with Gasteiger partial charge >= 0.3 is 5.97 Å². The largest absolute Gasteiger partial charge is 0.479 e. The van der Waals surface area contributed by atoms with E-state index in [9.17, 15) is 14.7 Å². The quantitative estimate of drug-likeness (QED) is 0.755. The van der Waals surface area contributed by atoms with Gasteiger partial charge in [-0.05, 0) is 18.6 Å². The number of nitrogens with one attached hydrogen (secondary N) is 1. The second kappa shape index (κ2) is 5.97. The van der Waals surface area contributed by atoms with E-state index >= 15 is 0 Å². The number of aliphatic hydroxyl groups is 1. The van der Waals surface area contributed by atoms with Crippen LogP contribution in [0.2, 0.25) is 0 Å². The summed E-state index contributed by atoms with van der Waals surface area (Å²) >= 11 is 3.32. The SMILES string of the molecule is CC(O)(CNC(=O)Cc1ccccc1Br)C(=O)O. The number of hydrogen-bond acceptors (Lipinski definition) is 3. The summed E-state index contributed by atoms with van der Waals surface area (Å²) < 4.78 is 0.810. The van der Waals surface area contributed by atoms with E-state index in [0.29, 0.717) is 0 Å². The smallest absolute Gasteiger partial charge is 0.337 e. The Morgan fingerprint density at radius 1 is 1.39 bits per heavy atom. The third-order valence-electron chi connectivity index (χ3n) is 2.40. The predicted molar refractivity (Wildman–Crippen MR) is 69.1 cm³/mol. The van der Waals surface area contributed by atoms with E-state index in [1.165, 1.54) is 0 Å². The van der Waals surface area contributed by atoms with E-state index in [1.54, 1.807) is 12.1 Å². The Hall–Kier alpha value is -1.40. The van der Waals surface area contributed by atoms with E-state index in [4.69, 9.17) is 5.11 Å². The Balaban J connectivity index is 2.54. The maximum atomic E-state index is 11.6. The summed E-state index contributed by atoms with van der Waals surface area (Å²) in [6.45, 7) is 0.805. The molecule has 0 saturated heterocycles. The van der Waals surface area contributed by atoms with Crippen LogP contribution in [0.1, 0.15) is 12.5 Å². The number of carbonyl (C=O) groups is 2. The Bertz CT molecular complexity index is 459. The number of carbonyl (C=O) groups excluding carboxylic acids is 1. The molecule has 1 amide bonds. The molecule has 1 atom stereocenters. The highest BCUT2D eigenvalue weighted by molar-refractivity contribution is 9.10. The van der Waals surface area contributed by atoms with Gasteiger partial charge in [-0.2, -0.15) is 0 Å². The number of amides is 1. The summed E-state index contributed by atoms with van der Waals surface area (Å²) in [6.07, 6.45) is 0.122. The van der Waals surface area contributed by atoms with E-state index in [1.807, 2.05) is 12.1 Å². The topological polar surface area (TPSA) is 86.6 Å². The number of aliphatic carboxylic acids is 1. The molecule has 6 heteroatoms. The Kier molecular flexibility index (Phi) is 4.86. The fourth-order valence-corrected chi connectivity index (χ4v) is 1.65. The van der Waals surface area contributed by atoms with E-state index in [-0.39, 0.29) is 18.9 Å². The third-order valence-corrected chi connectivity index (χ3v) is 3.17. The normalized spacial score (nSPS) is 13.7. The Morgan fingerprint density at radius 2 is 2.00 bits per heavy atom. The fourth-order valence-electron chi connectivity index (χ4n) is 1.22. The first-order chi connectivity index (χ1) is 8.33. The molecule has 0 aromatic heterocycles. The number of rotatable bonds is 5. The first-order valence-corrected chi connectivity index (χ1v) is 6.08. The molecule has 0 fully saturated rings. The predicted octanol–water partition coefficient (Wildman–Crippen LogP) is 0.943. The number of carboxylic acids is 1. The van der Waals surface area contributed by atoms with Crippen molar-refractivity contribution in [2.75, 3.05) is 6.54 Å². The van der Waals surface area contributed by atoms with Crippen LogP contribution in [0.25, 0.3) is 0 Å². The summed E-state index contributed by atoms with van der Waals surface area (Å²) in [5.74, 6) is -1.72. The zero-order valence-corrected chi connectivity index (χ0v) is 11.4. The lowest BCUT2D eigenvalue weighted by Gasteiger charge is -2.18. The average molecular weight is 316 g/mol. The highest BCUT2D eigenvalue weighted by Gasteiger charge is 2.30. The zero-order valence-electron chi connectivity index (χ0n) is 9.81. The van der Waals surface area contributed by atoms with Crippen LogP contribution in [0.15, 0.2) is 28.7 Å². The van der Waals surface area contributed by atoms with Crippen molar-refractivity contribution in [3.63, 3.8) is 0 Å². The molecule has 0 spiro atoms. The number of halogens is 1. The lowest BCUT2D eigenvalue weighted by molar-refractivity contribution is -0.156. The van der Waals surface area contributed by atoms with Gasteiger partial charge in [0.15, 0.2) is 5.60 Å².